The van der Waals surface area contributed by atoms with Crippen LogP contribution in [0.15, 0.2) is 65.5 Å². The van der Waals surface area contributed by atoms with E-state index in [1.54, 1.807) is 13.2 Å². The minimum Gasteiger partial charge on any atom is -0.497 e. The molecule has 2 aromatic carbocycles. The fraction of sp³-hybridized carbons (Fsp3) is 0.238. The van der Waals surface area contributed by atoms with Crippen molar-refractivity contribution in [3.05, 3.63) is 71.0 Å². The molecule has 0 radical (unpaired) electrons. The van der Waals surface area contributed by atoms with Gasteiger partial charge in [-0.05, 0) is 24.3 Å². The van der Waals surface area contributed by atoms with E-state index in [4.69, 9.17) is 4.74 Å². The molecule has 1 N–H and O–H groups in total. The number of hydrogen-bond acceptors (Lipinski definition) is 5. The maximum Gasteiger partial charge on any atom is 0.252 e. The highest BCUT2D eigenvalue weighted by atomic mass is 16.5. The van der Waals surface area contributed by atoms with E-state index in [1.807, 2.05) is 42.5 Å². The number of nitrogens with zero attached hydrogens (tertiary/aromatic N) is 3. The lowest BCUT2D eigenvalue weighted by Crippen LogP contribution is -2.47. The first kappa shape index (κ1) is 17.1. The molecule has 3 aromatic rings. The summed E-state index contributed by atoms with van der Waals surface area (Å²) in [4.78, 5) is 24.2. The van der Waals surface area contributed by atoms with E-state index in [1.165, 1.54) is 5.69 Å². The van der Waals surface area contributed by atoms with Crippen LogP contribution < -0.4 is 20.1 Å². The first-order valence-corrected chi connectivity index (χ1v) is 9.04. The SMILES string of the molecule is COc1ccc(N2CCN(c3nc(-c4ccccc4)cc(=O)[nH]3)CC2)cc1. The zero-order chi connectivity index (χ0) is 18.6. The van der Waals surface area contributed by atoms with E-state index in [0.717, 1.165) is 37.5 Å². The highest BCUT2D eigenvalue weighted by Crippen LogP contribution is 2.22. The number of methoxy groups -OCH3 is 1. The summed E-state index contributed by atoms with van der Waals surface area (Å²) < 4.78 is 5.22. The lowest BCUT2D eigenvalue weighted by atomic mass is 10.1. The maximum absolute atomic E-state index is 12.1. The minimum absolute atomic E-state index is 0.128. The molecule has 6 heteroatoms. The van der Waals surface area contributed by atoms with Gasteiger partial charge in [-0.25, -0.2) is 4.98 Å². The van der Waals surface area contributed by atoms with Gasteiger partial charge < -0.3 is 14.5 Å². The van der Waals surface area contributed by atoms with Crippen LogP contribution in [0.25, 0.3) is 11.3 Å². The van der Waals surface area contributed by atoms with Gasteiger partial charge in [-0.2, -0.15) is 0 Å². The summed E-state index contributed by atoms with van der Waals surface area (Å²) >= 11 is 0. The van der Waals surface area contributed by atoms with Gasteiger partial charge in [0.15, 0.2) is 0 Å². The number of ether oxygens (including phenoxy) is 1. The van der Waals surface area contributed by atoms with Crippen molar-refractivity contribution in [2.45, 2.75) is 0 Å². The smallest absolute Gasteiger partial charge is 0.252 e. The summed E-state index contributed by atoms with van der Waals surface area (Å²) in [6.45, 7) is 3.33. The monoisotopic (exact) mass is 362 g/mol. The van der Waals surface area contributed by atoms with Gasteiger partial charge in [0.25, 0.3) is 5.56 Å². The Balaban J connectivity index is 1.49. The Bertz CT molecular complexity index is 946. The molecule has 1 aliphatic rings. The molecule has 2 heterocycles. The van der Waals surface area contributed by atoms with Gasteiger partial charge in [0.2, 0.25) is 5.95 Å². The van der Waals surface area contributed by atoms with E-state index in [9.17, 15) is 4.79 Å². The summed E-state index contributed by atoms with van der Waals surface area (Å²) in [6.07, 6.45) is 0. The van der Waals surface area contributed by atoms with Gasteiger partial charge in [0, 0.05) is 43.5 Å². The van der Waals surface area contributed by atoms with Crippen LogP contribution in [0.2, 0.25) is 0 Å². The summed E-state index contributed by atoms with van der Waals surface area (Å²) in [7, 11) is 1.67. The van der Waals surface area contributed by atoms with Crippen LogP contribution in [-0.2, 0) is 0 Å². The summed E-state index contributed by atoms with van der Waals surface area (Å²) in [5.41, 5.74) is 2.69. The molecule has 1 aliphatic heterocycles. The molecule has 0 unspecified atom stereocenters. The van der Waals surface area contributed by atoms with Crippen LogP contribution in [0.3, 0.4) is 0 Å². The zero-order valence-corrected chi connectivity index (χ0v) is 15.3. The summed E-state index contributed by atoms with van der Waals surface area (Å²) in [5.74, 6) is 1.49. The third-order valence-corrected chi connectivity index (χ3v) is 4.82. The van der Waals surface area contributed by atoms with E-state index in [0.29, 0.717) is 11.6 Å². The number of H-pyrrole nitrogens is 1. The van der Waals surface area contributed by atoms with Crippen molar-refractivity contribution < 1.29 is 4.74 Å². The molecule has 0 spiro atoms. The Labute approximate surface area is 158 Å². The Kier molecular flexibility index (Phi) is 4.78. The molecule has 4 rings (SSSR count). The normalized spacial score (nSPS) is 14.3. The van der Waals surface area contributed by atoms with Crippen LogP contribution in [0.4, 0.5) is 11.6 Å². The highest BCUT2D eigenvalue weighted by molar-refractivity contribution is 5.60. The molecule has 1 fully saturated rings. The average molecular weight is 362 g/mol. The number of aromatic amines is 1. The predicted molar refractivity (Wildman–Crippen MR) is 108 cm³/mol. The molecule has 0 saturated carbocycles. The molecular weight excluding hydrogens is 340 g/mol. The largest absolute Gasteiger partial charge is 0.497 e. The quantitative estimate of drug-likeness (QED) is 0.773. The third kappa shape index (κ3) is 3.79. The standard InChI is InChI=1S/C21H22N4O2/c1-27-18-9-7-17(8-10-18)24-11-13-25(14-12-24)21-22-19(15-20(26)23-21)16-5-3-2-4-6-16/h2-10,15H,11-14H2,1H3,(H,22,23,26). The van der Waals surface area contributed by atoms with Gasteiger partial charge in [0.05, 0.1) is 12.8 Å². The first-order chi connectivity index (χ1) is 13.2. The van der Waals surface area contributed by atoms with Crippen molar-refractivity contribution in [2.75, 3.05) is 43.1 Å². The van der Waals surface area contributed by atoms with Crippen molar-refractivity contribution >= 4 is 11.6 Å². The number of piperazine rings is 1. The van der Waals surface area contributed by atoms with E-state index < -0.39 is 0 Å². The molecule has 1 saturated heterocycles. The highest BCUT2D eigenvalue weighted by Gasteiger charge is 2.19. The molecule has 0 aliphatic carbocycles. The topological polar surface area (TPSA) is 61.5 Å². The Hall–Kier alpha value is -3.28. The van der Waals surface area contributed by atoms with E-state index >= 15 is 0 Å². The Morgan fingerprint density at radius 2 is 1.59 bits per heavy atom. The summed E-state index contributed by atoms with van der Waals surface area (Å²) in [6, 6.07) is 19.4. The zero-order valence-electron chi connectivity index (χ0n) is 15.3. The van der Waals surface area contributed by atoms with Crippen molar-refractivity contribution in [1.29, 1.82) is 0 Å². The van der Waals surface area contributed by atoms with E-state index in [2.05, 4.69) is 31.9 Å². The fourth-order valence-corrected chi connectivity index (χ4v) is 3.32. The molecule has 0 atom stereocenters. The molecule has 0 amide bonds. The van der Waals surface area contributed by atoms with Crippen LogP contribution >= 0.6 is 0 Å². The van der Waals surface area contributed by atoms with Gasteiger partial charge >= 0.3 is 0 Å². The predicted octanol–water partition coefficient (Wildman–Crippen LogP) is 2.77. The van der Waals surface area contributed by atoms with Crippen molar-refractivity contribution in [3.63, 3.8) is 0 Å². The molecule has 27 heavy (non-hydrogen) atoms. The molecule has 1 aromatic heterocycles. The second-order valence-electron chi connectivity index (χ2n) is 6.49. The fourth-order valence-electron chi connectivity index (χ4n) is 3.32. The molecule has 138 valence electrons. The minimum atomic E-state index is -0.128. The van der Waals surface area contributed by atoms with Crippen molar-refractivity contribution in [1.82, 2.24) is 9.97 Å². The number of anilines is 2. The summed E-state index contributed by atoms with van der Waals surface area (Å²) in [5, 5.41) is 0. The average Bonchev–Trinajstić information content (AvgIpc) is 2.74. The number of nitrogens with one attached hydrogen (secondary N) is 1. The van der Waals surface area contributed by atoms with Crippen LogP contribution in [0.5, 0.6) is 5.75 Å². The van der Waals surface area contributed by atoms with Gasteiger partial charge in [0.1, 0.15) is 5.75 Å². The number of aromatic nitrogens is 2. The second kappa shape index (κ2) is 7.53. The lowest BCUT2D eigenvalue weighted by molar-refractivity contribution is 0.415. The number of benzene rings is 2. The van der Waals surface area contributed by atoms with Gasteiger partial charge in [-0.3, -0.25) is 9.78 Å². The Morgan fingerprint density at radius 3 is 2.26 bits per heavy atom. The van der Waals surface area contributed by atoms with Crippen LogP contribution in [0.1, 0.15) is 0 Å². The third-order valence-electron chi connectivity index (χ3n) is 4.82. The molecule has 0 bridgehead atoms. The Morgan fingerprint density at radius 1 is 0.926 bits per heavy atom. The van der Waals surface area contributed by atoms with Crippen LogP contribution in [-0.4, -0.2) is 43.3 Å². The van der Waals surface area contributed by atoms with Crippen molar-refractivity contribution in [2.24, 2.45) is 0 Å². The van der Waals surface area contributed by atoms with E-state index in [-0.39, 0.29) is 5.56 Å². The number of hydrogen-bond donors (Lipinski definition) is 1. The first-order valence-electron chi connectivity index (χ1n) is 9.04. The lowest BCUT2D eigenvalue weighted by Gasteiger charge is -2.36. The van der Waals surface area contributed by atoms with Crippen LogP contribution in [0, 0.1) is 0 Å². The van der Waals surface area contributed by atoms with Gasteiger partial charge in [-0.15, -0.1) is 0 Å². The number of rotatable bonds is 4. The second-order valence-corrected chi connectivity index (χ2v) is 6.49. The maximum atomic E-state index is 12.1. The molecular formula is C21H22N4O2. The van der Waals surface area contributed by atoms with Crippen molar-refractivity contribution in [3.8, 4) is 17.0 Å². The van der Waals surface area contributed by atoms with Gasteiger partial charge in [-0.1, -0.05) is 30.3 Å². The molecule has 6 nitrogen and oxygen atoms in total.